The molecule has 2 aromatic rings. The minimum absolute atomic E-state index is 0.659. The first kappa shape index (κ1) is 14.2. The summed E-state index contributed by atoms with van der Waals surface area (Å²) in [5.41, 5.74) is 12.7. The maximum atomic E-state index is 6.00. The number of benzene rings is 2. The molecule has 0 spiro atoms. The lowest BCUT2D eigenvalue weighted by Gasteiger charge is -2.31. The van der Waals surface area contributed by atoms with Crippen molar-refractivity contribution in [1.82, 2.24) is 0 Å². The highest BCUT2D eigenvalue weighted by atomic mass is 14.5. The van der Waals surface area contributed by atoms with Crippen molar-refractivity contribution in [3.8, 4) is 0 Å². The fraction of sp³-hybridized carbons (Fsp3) is 0.400. The summed E-state index contributed by atoms with van der Waals surface area (Å²) in [5, 5.41) is 0. The Bertz CT molecular complexity index is 629. The van der Waals surface area contributed by atoms with Crippen molar-refractivity contribution >= 4 is 5.69 Å². The van der Waals surface area contributed by atoms with Crippen molar-refractivity contribution in [3.63, 3.8) is 0 Å². The minimum atomic E-state index is 0.659. The summed E-state index contributed by atoms with van der Waals surface area (Å²) >= 11 is 0. The van der Waals surface area contributed by atoms with Crippen molar-refractivity contribution in [2.45, 2.75) is 51.4 Å². The molecule has 0 amide bonds. The second kappa shape index (κ2) is 5.93. The van der Waals surface area contributed by atoms with Crippen LogP contribution in [0, 0.1) is 13.8 Å². The normalized spacial score (nSPS) is 22.2. The minimum Gasteiger partial charge on any atom is -0.399 e. The highest BCUT2D eigenvalue weighted by molar-refractivity contribution is 5.46. The summed E-state index contributed by atoms with van der Waals surface area (Å²) in [6.45, 7) is 4.46. The van der Waals surface area contributed by atoms with Crippen molar-refractivity contribution in [2.24, 2.45) is 0 Å². The highest BCUT2D eigenvalue weighted by Crippen LogP contribution is 2.43. The van der Waals surface area contributed by atoms with E-state index in [-0.39, 0.29) is 0 Å². The summed E-state index contributed by atoms with van der Waals surface area (Å²) in [5.74, 6) is 1.36. The summed E-state index contributed by atoms with van der Waals surface area (Å²) in [6, 6.07) is 15.3. The Balaban J connectivity index is 1.86. The Morgan fingerprint density at radius 1 is 0.857 bits per heavy atom. The monoisotopic (exact) mass is 279 g/mol. The zero-order chi connectivity index (χ0) is 14.8. The van der Waals surface area contributed by atoms with Gasteiger partial charge in [-0.1, -0.05) is 36.8 Å². The molecule has 0 aliphatic heterocycles. The maximum absolute atomic E-state index is 6.00. The average molecular weight is 279 g/mol. The largest absolute Gasteiger partial charge is 0.399 e. The Morgan fingerprint density at radius 2 is 1.52 bits per heavy atom. The Labute approximate surface area is 128 Å². The number of hydrogen-bond donors (Lipinski definition) is 1. The van der Waals surface area contributed by atoms with Gasteiger partial charge < -0.3 is 5.73 Å². The fourth-order valence-electron chi connectivity index (χ4n) is 3.90. The van der Waals surface area contributed by atoms with Crippen LogP contribution >= 0.6 is 0 Å². The second-order valence-corrected chi connectivity index (χ2v) is 6.53. The van der Waals surface area contributed by atoms with E-state index in [0.717, 1.165) is 5.69 Å². The SMILES string of the molecule is Cc1ccccc1C1CCCC(c2cc(N)ccc2C)C1. The number of hydrogen-bond acceptors (Lipinski definition) is 1. The molecule has 1 aliphatic rings. The second-order valence-electron chi connectivity index (χ2n) is 6.53. The van der Waals surface area contributed by atoms with E-state index in [0.29, 0.717) is 11.8 Å². The van der Waals surface area contributed by atoms with E-state index in [2.05, 4.69) is 50.2 Å². The molecule has 2 N–H and O–H groups in total. The molecule has 0 heterocycles. The van der Waals surface area contributed by atoms with Crippen molar-refractivity contribution in [2.75, 3.05) is 5.73 Å². The van der Waals surface area contributed by atoms with Crippen LogP contribution in [0.3, 0.4) is 0 Å². The van der Waals surface area contributed by atoms with E-state index < -0.39 is 0 Å². The molecule has 0 aromatic heterocycles. The number of aryl methyl sites for hydroxylation is 2. The number of nitrogen functional groups attached to an aromatic ring is 1. The van der Waals surface area contributed by atoms with Crippen molar-refractivity contribution in [1.29, 1.82) is 0 Å². The topological polar surface area (TPSA) is 26.0 Å². The van der Waals surface area contributed by atoms with Crippen molar-refractivity contribution < 1.29 is 0 Å². The van der Waals surface area contributed by atoms with Crippen LogP contribution in [-0.2, 0) is 0 Å². The summed E-state index contributed by atoms with van der Waals surface area (Å²) in [7, 11) is 0. The zero-order valence-corrected chi connectivity index (χ0v) is 13.1. The van der Waals surface area contributed by atoms with Gasteiger partial charge in [0.15, 0.2) is 0 Å². The van der Waals surface area contributed by atoms with E-state index >= 15 is 0 Å². The van der Waals surface area contributed by atoms with Gasteiger partial charge in [0.2, 0.25) is 0 Å². The molecule has 3 rings (SSSR count). The van der Waals surface area contributed by atoms with Gasteiger partial charge in [-0.2, -0.15) is 0 Å². The number of rotatable bonds is 2. The Morgan fingerprint density at radius 3 is 2.29 bits per heavy atom. The maximum Gasteiger partial charge on any atom is 0.0317 e. The quantitative estimate of drug-likeness (QED) is 0.739. The van der Waals surface area contributed by atoms with Crippen LogP contribution in [0.2, 0.25) is 0 Å². The molecule has 2 unspecified atom stereocenters. The third-order valence-corrected chi connectivity index (χ3v) is 5.05. The van der Waals surface area contributed by atoms with E-state index in [1.165, 1.54) is 42.4 Å². The lowest BCUT2D eigenvalue weighted by atomic mass is 9.73. The van der Waals surface area contributed by atoms with Gasteiger partial charge in [0.1, 0.15) is 0 Å². The zero-order valence-electron chi connectivity index (χ0n) is 13.1. The van der Waals surface area contributed by atoms with Crippen molar-refractivity contribution in [3.05, 3.63) is 64.7 Å². The Hall–Kier alpha value is -1.76. The summed E-state index contributed by atoms with van der Waals surface area (Å²) < 4.78 is 0. The molecule has 1 nitrogen and oxygen atoms in total. The van der Waals surface area contributed by atoms with Crippen LogP contribution in [0.5, 0.6) is 0 Å². The third kappa shape index (κ3) is 2.97. The van der Waals surface area contributed by atoms with Crippen LogP contribution in [0.15, 0.2) is 42.5 Å². The number of anilines is 1. The lowest BCUT2D eigenvalue weighted by molar-refractivity contribution is 0.392. The van der Waals surface area contributed by atoms with Crippen LogP contribution in [0.25, 0.3) is 0 Å². The van der Waals surface area contributed by atoms with E-state index in [1.54, 1.807) is 5.56 Å². The molecule has 110 valence electrons. The molecule has 0 radical (unpaired) electrons. The molecule has 21 heavy (non-hydrogen) atoms. The fourth-order valence-corrected chi connectivity index (χ4v) is 3.90. The van der Waals surface area contributed by atoms with Crippen LogP contribution in [0.4, 0.5) is 5.69 Å². The first-order valence-corrected chi connectivity index (χ1v) is 8.06. The highest BCUT2D eigenvalue weighted by Gasteiger charge is 2.26. The molecule has 1 fully saturated rings. The van der Waals surface area contributed by atoms with E-state index in [4.69, 9.17) is 5.73 Å². The van der Waals surface area contributed by atoms with Crippen LogP contribution in [-0.4, -0.2) is 0 Å². The van der Waals surface area contributed by atoms with Gasteiger partial charge in [-0.05, 0) is 79.3 Å². The third-order valence-electron chi connectivity index (χ3n) is 5.05. The van der Waals surface area contributed by atoms with E-state index in [1.807, 2.05) is 6.07 Å². The molecule has 1 heteroatoms. The smallest absolute Gasteiger partial charge is 0.0317 e. The van der Waals surface area contributed by atoms with Gasteiger partial charge in [-0.25, -0.2) is 0 Å². The van der Waals surface area contributed by atoms with Gasteiger partial charge in [-0.3, -0.25) is 0 Å². The first-order chi connectivity index (χ1) is 10.1. The molecule has 2 atom stereocenters. The van der Waals surface area contributed by atoms with Gasteiger partial charge in [0.25, 0.3) is 0 Å². The van der Waals surface area contributed by atoms with Gasteiger partial charge >= 0.3 is 0 Å². The predicted octanol–water partition coefficient (Wildman–Crippen LogP) is 5.33. The van der Waals surface area contributed by atoms with Gasteiger partial charge in [0, 0.05) is 5.69 Å². The lowest BCUT2D eigenvalue weighted by Crippen LogP contribution is -2.15. The number of nitrogens with two attached hydrogens (primary N) is 1. The van der Waals surface area contributed by atoms with Crippen LogP contribution in [0.1, 0.15) is 59.8 Å². The Kier molecular flexibility index (Phi) is 4.01. The molecule has 1 aliphatic carbocycles. The summed E-state index contributed by atoms with van der Waals surface area (Å²) in [6.07, 6.45) is 5.20. The molecule has 0 bridgehead atoms. The van der Waals surface area contributed by atoms with Crippen LogP contribution < -0.4 is 5.73 Å². The molecular weight excluding hydrogens is 254 g/mol. The van der Waals surface area contributed by atoms with Gasteiger partial charge in [0.05, 0.1) is 0 Å². The van der Waals surface area contributed by atoms with Gasteiger partial charge in [-0.15, -0.1) is 0 Å². The molecule has 0 saturated heterocycles. The summed E-state index contributed by atoms with van der Waals surface area (Å²) in [4.78, 5) is 0. The standard InChI is InChI=1S/C20H25N/c1-14-6-3-4-9-19(14)16-7-5-8-17(12-16)20-13-18(21)11-10-15(20)2/h3-4,6,9-11,13,16-17H,5,7-8,12,21H2,1-2H3. The molecule has 1 saturated carbocycles. The first-order valence-electron chi connectivity index (χ1n) is 8.06. The van der Waals surface area contributed by atoms with E-state index in [9.17, 15) is 0 Å². The molecular formula is C20H25N. The average Bonchev–Trinajstić information content (AvgIpc) is 2.50. The molecule has 2 aromatic carbocycles. The predicted molar refractivity (Wildman–Crippen MR) is 90.7 cm³/mol.